The first-order chi connectivity index (χ1) is 13.0. The lowest BCUT2D eigenvalue weighted by molar-refractivity contribution is -0.122. The number of hydrogen-bond donors (Lipinski definition) is 1. The van der Waals surface area contributed by atoms with Gasteiger partial charge in [0.15, 0.2) is 0 Å². The second kappa shape index (κ2) is 8.39. The second-order valence-electron chi connectivity index (χ2n) is 6.37. The zero-order valence-corrected chi connectivity index (χ0v) is 15.7. The Hall–Kier alpha value is -2.61. The first-order valence-corrected chi connectivity index (χ1v) is 9.21. The third-order valence-electron chi connectivity index (χ3n) is 4.49. The molecule has 0 radical (unpaired) electrons. The number of carbonyl (C=O) groups excluding carboxylic acids is 2. The highest BCUT2D eigenvalue weighted by Crippen LogP contribution is 2.14. The summed E-state index contributed by atoms with van der Waals surface area (Å²) >= 11 is 5.94. The van der Waals surface area contributed by atoms with Crippen LogP contribution in [0.4, 0.5) is 4.79 Å². The fourth-order valence-electron chi connectivity index (χ4n) is 3.09. The Kier molecular flexibility index (Phi) is 5.95. The number of piperidine rings is 1. The lowest BCUT2D eigenvalue weighted by Crippen LogP contribution is -2.47. The molecule has 8 nitrogen and oxygen atoms in total. The summed E-state index contributed by atoms with van der Waals surface area (Å²) in [6.07, 6.45) is 2.33. The van der Waals surface area contributed by atoms with E-state index in [0.29, 0.717) is 48.5 Å². The summed E-state index contributed by atoms with van der Waals surface area (Å²) in [5.41, 5.74) is 0.224. The highest BCUT2D eigenvalue weighted by atomic mass is 35.5. The minimum absolute atomic E-state index is 0.0401. The van der Waals surface area contributed by atoms with Gasteiger partial charge in [0.1, 0.15) is 6.54 Å². The summed E-state index contributed by atoms with van der Waals surface area (Å²) in [6.45, 7) is 3.05. The van der Waals surface area contributed by atoms with Crippen molar-refractivity contribution in [2.75, 3.05) is 19.7 Å². The molecule has 2 amide bonds. The van der Waals surface area contributed by atoms with Crippen molar-refractivity contribution < 1.29 is 14.3 Å². The number of carbonyl (C=O) groups is 2. The second-order valence-corrected chi connectivity index (χ2v) is 6.80. The van der Waals surface area contributed by atoms with E-state index in [9.17, 15) is 14.4 Å². The third kappa shape index (κ3) is 4.57. The van der Waals surface area contributed by atoms with Crippen LogP contribution in [0, 0.1) is 0 Å². The van der Waals surface area contributed by atoms with Crippen molar-refractivity contribution in [3.63, 3.8) is 0 Å². The topological polar surface area (TPSA) is 93.5 Å². The van der Waals surface area contributed by atoms with Crippen LogP contribution in [-0.2, 0) is 16.1 Å². The van der Waals surface area contributed by atoms with E-state index in [4.69, 9.17) is 16.3 Å². The number of ether oxygens (including phenoxy) is 1. The predicted octanol–water partition coefficient (Wildman–Crippen LogP) is 1.79. The number of halogens is 1. The maximum Gasteiger partial charge on any atom is 0.409 e. The number of nitrogens with zero attached hydrogens (tertiary/aromatic N) is 3. The Morgan fingerprint density at radius 2 is 2.07 bits per heavy atom. The molecule has 2 aromatic rings. The summed E-state index contributed by atoms with van der Waals surface area (Å²) in [5.74, 6) is -0.269. The quantitative estimate of drug-likeness (QED) is 0.856. The molecule has 1 saturated heterocycles. The van der Waals surface area contributed by atoms with Crippen molar-refractivity contribution in [1.29, 1.82) is 0 Å². The molecule has 1 aromatic heterocycles. The fourth-order valence-corrected chi connectivity index (χ4v) is 3.27. The van der Waals surface area contributed by atoms with Crippen molar-refractivity contribution in [3.8, 4) is 0 Å². The Bertz CT molecular complexity index is 906. The molecule has 0 bridgehead atoms. The molecule has 1 aliphatic heterocycles. The average Bonchev–Trinajstić information content (AvgIpc) is 2.65. The molecular formula is C18H21ClN4O4. The number of amides is 2. The minimum atomic E-state index is -0.324. The molecule has 0 aliphatic carbocycles. The van der Waals surface area contributed by atoms with Crippen molar-refractivity contribution >= 4 is 34.5 Å². The smallest absolute Gasteiger partial charge is 0.409 e. The number of rotatable bonds is 4. The predicted molar refractivity (Wildman–Crippen MR) is 101 cm³/mol. The van der Waals surface area contributed by atoms with E-state index in [0.717, 1.165) is 0 Å². The van der Waals surface area contributed by atoms with Crippen molar-refractivity contribution in [2.45, 2.75) is 32.4 Å². The first kappa shape index (κ1) is 19.2. The average molecular weight is 393 g/mol. The number of nitrogens with one attached hydrogen (secondary N) is 1. The van der Waals surface area contributed by atoms with Gasteiger partial charge < -0.3 is 15.0 Å². The number of aromatic nitrogens is 2. The molecule has 144 valence electrons. The monoisotopic (exact) mass is 392 g/mol. The summed E-state index contributed by atoms with van der Waals surface area (Å²) in [5, 5.41) is 3.73. The number of hydrogen-bond acceptors (Lipinski definition) is 5. The molecule has 0 saturated carbocycles. The fraction of sp³-hybridized carbons (Fsp3) is 0.444. The van der Waals surface area contributed by atoms with Crippen LogP contribution in [0.3, 0.4) is 0 Å². The number of likely N-dealkylation sites (tertiary alicyclic amines) is 1. The van der Waals surface area contributed by atoms with E-state index < -0.39 is 0 Å². The Morgan fingerprint density at radius 1 is 1.33 bits per heavy atom. The van der Waals surface area contributed by atoms with Gasteiger partial charge in [-0.15, -0.1) is 0 Å². The van der Waals surface area contributed by atoms with E-state index in [2.05, 4.69) is 10.3 Å². The van der Waals surface area contributed by atoms with Crippen LogP contribution in [0.15, 0.2) is 29.3 Å². The van der Waals surface area contributed by atoms with E-state index in [1.165, 1.54) is 10.9 Å². The molecule has 3 rings (SSSR count). The largest absolute Gasteiger partial charge is 0.450 e. The summed E-state index contributed by atoms with van der Waals surface area (Å²) in [6, 6.07) is 4.84. The number of fused-ring (bicyclic) bond motifs is 1. The Labute approximate surface area is 161 Å². The third-order valence-corrected chi connectivity index (χ3v) is 4.72. The maximum atomic E-state index is 12.5. The molecule has 0 unspecified atom stereocenters. The highest BCUT2D eigenvalue weighted by Gasteiger charge is 2.24. The van der Waals surface area contributed by atoms with E-state index in [1.807, 2.05) is 0 Å². The van der Waals surface area contributed by atoms with Crippen LogP contribution < -0.4 is 10.9 Å². The van der Waals surface area contributed by atoms with E-state index in [1.54, 1.807) is 30.0 Å². The highest BCUT2D eigenvalue weighted by molar-refractivity contribution is 6.31. The molecule has 2 heterocycles. The lowest BCUT2D eigenvalue weighted by Gasteiger charge is -2.31. The number of benzene rings is 1. The summed E-state index contributed by atoms with van der Waals surface area (Å²) in [7, 11) is 0. The normalized spacial score (nSPS) is 15.0. The van der Waals surface area contributed by atoms with Crippen molar-refractivity contribution in [2.24, 2.45) is 0 Å². The van der Waals surface area contributed by atoms with Crippen molar-refractivity contribution in [3.05, 3.63) is 39.9 Å². The standard InChI is InChI=1S/C18H21ClN4O4/c1-2-27-18(26)22-7-5-13(6-8-22)21-16(24)10-23-11-20-15-4-3-12(19)9-14(15)17(23)25/h3-4,9,11,13H,2,5-8,10H2,1H3,(H,21,24). The van der Waals surface area contributed by atoms with Gasteiger partial charge in [0.25, 0.3) is 5.56 Å². The molecule has 27 heavy (non-hydrogen) atoms. The van der Waals surface area contributed by atoms with Crippen LogP contribution in [0.25, 0.3) is 10.9 Å². The van der Waals surface area contributed by atoms with Crippen LogP contribution in [-0.4, -0.2) is 52.2 Å². The Balaban J connectivity index is 1.59. The van der Waals surface area contributed by atoms with Crippen LogP contribution in [0.5, 0.6) is 0 Å². The molecule has 0 atom stereocenters. The van der Waals surface area contributed by atoms with Gasteiger partial charge in [-0.05, 0) is 38.0 Å². The molecular weight excluding hydrogens is 372 g/mol. The van der Waals surface area contributed by atoms with E-state index >= 15 is 0 Å². The SMILES string of the molecule is CCOC(=O)N1CCC(NC(=O)Cn2cnc3ccc(Cl)cc3c2=O)CC1. The van der Waals surface area contributed by atoms with Gasteiger partial charge >= 0.3 is 6.09 Å². The van der Waals surface area contributed by atoms with Gasteiger partial charge in [-0.2, -0.15) is 0 Å². The first-order valence-electron chi connectivity index (χ1n) is 8.83. The van der Waals surface area contributed by atoms with Gasteiger partial charge in [-0.25, -0.2) is 9.78 Å². The minimum Gasteiger partial charge on any atom is -0.450 e. The summed E-state index contributed by atoms with van der Waals surface area (Å²) in [4.78, 5) is 42.4. The lowest BCUT2D eigenvalue weighted by atomic mass is 10.1. The van der Waals surface area contributed by atoms with Gasteiger partial charge in [0.2, 0.25) is 5.91 Å². The molecule has 9 heteroatoms. The Morgan fingerprint density at radius 3 is 2.78 bits per heavy atom. The summed E-state index contributed by atoms with van der Waals surface area (Å²) < 4.78 is 6.24. The van der Waals surface area contributed by atoms with Crippen LogP contribution in [0.2, 0.25) is 5.02 Å². The zero-order chi connectivity index (χ0) is 19.4. The van der Waals surface area contributed by atoms with Gasteiger partial charge in [-0.3, -0.25) is 14.2 Å². The van der Waals surface area contributed by atoms with Crippen LogP contribution in [0.1, 0.15) is 19.8 Å². The van der Waals surface area contributed by atoms with Gasteiger partial charge in [-0.1, -0.05) is 11.6 Å². The van der Waals surface area contributed by atoms with Crippen LogP contribution >= 0.6 is 11.6 Å². The molecule has 0 spiro atoms. The van der Waals surface area contributed by atoms with Gasteiger partial charge in [0, 0.05) is 24.2 Å². The molecule has 1 N–H and O–H groups in total. The van der Waals surface area contributed by atoms with E-state index in [-0.39, 0.29) is 30.1 Å². The van der Waals surface area contributed by atoms with Crippen molar-refractivity contribution in [1.82, 2.24) is 19.8 Å². The zero-order valence-electron chi connectivity index (χ0n) is 15.0. The maximum absolute atomic E-state index is 12.5. The molecule has 1 aliphatic rings. The molecule has 1 fully saturated rings. The molecule has 1 aromatic carbocycles. The van der Waals surface area contributed by atoms with Gasteiger partial charge in [0.05, 0.1) is 23.8 Å².